The Balaban J connectivity index is 2.52. The van der Waals surface area contributed by atoms with Crippen LogP contribution in [0.3, 0.4) is 0 Å². The minimum absolute atomic E-state index is 0.0127. The van der Waals surface area contributed by atoms with Gasteiger partial charge in [0, 0.05) is 16.7 Å². The summed E-state index contributed by atoms with van der Waals surface area (Å²) in [6, 6.07) is 4.76. The molecule has 2 N–H and O–H groups in total. The third-order valence-corrected chi connectivity index (χ3v) is 3.76. The molecule has 0 aliphatic heterocycles. The molecule has 1 aromatic rings. The van der Waals surface area contributed by atoms with E-state index in [1.807, 2.05) is 0 Å². The Morgan fingerprint density at radius 3 is 2.44 bits per heavy atom. The van der Waals surface area contributed by atoms with E-state index in [2.05, 4.69) is 0 Å². The van der Waals surface area contributed by atoms with Crippen molar-refractivity contribution in [2.24, 2.45) is 5.73 Å². The zero-order chi connectivity index (χ0) is 13.2. The molecule has 0 unspecified atom stereocenters. The second-order valence-corrected chi connectivity index (χ2v) is 4.94. The molecular weight excluding hydrogens is 236 g/mol. The Labute approximate surface area is 106 Å². The zero-order valence-corrected chi connectivity index (χ0v) is 10.6. The summed E-state index contributed by atoms with van der Waals surface area (Å²) < 4.78 is 31.6. The molecule has 18 heavy (non-hydrogen) atoms. The number of methoxy groups -OCH3 is 1. The minimum Gasteiger partial charge on any atom is -0.496 e. The molecule has 1 aliphatic rings. The quantitative estimate of drug-likeness (QED) is 0.892. The third-order valence-electron chi connectivity index (χ3n) is 3.76. The summed E-state index contributed by atoms with van der Waals surface area (Å²) >= 11 is 0. The molecule has 0 radical (unpaired) electrons. The molecule has 0 saturated heterocycles. The van der Waals surface area contributed by atoms with Gasteiger partial charge in [-0.15, -0.1) is 0 Å². The van der Waals surface area contributed by atoms with E-state index < -0.39 is 12.0 Å². The van der Waals surface area contributed by atoms with Crippen LogP contribution in [-0.4, -0.2) is 7.11 Å². The van der Waals surface area contributed by atoms with Gasteiger partial charge in [-0.05, 0) is 18.9 Å². The molecule has 0 spiro atoms. The van der Waals surface area contributed by atoms with Gasteiger partial charge in [0.15, 0.2) is 0 Å². The van der Waals surface area contributed by atoms with Crippen molar-refractivity contribution in [3.05, 3.63) is 29.3 Å². The first kappa shape index (κ1) is 13.3. The van der Waals surface area contributed by atoms with Crippen LogP contribution in [0.5, 0.6) is 5.75 Å². The van der Waals surface area contributed by atoms with E-state index in [-0.39, 0.29) is 5.56 Å². The molecule has 0 atom stereocenters. The Kier molecular flexibility index (Phi) is 3.85. The SMILES string of the molecule is COc1cccc(C(F)F)c1C1(N)CCCCC1. The van der Waals surface area contributed by atoms with Crippen LogP contribution >= 0.6 is 0 Å². The van der Waals surface area contributed by atoms with Crippen LogP contribution in [0.1, 0.15) is 49.7 Å². The van der Waals surface area contributed by atoms with Crippen LogP contribution in [0, 0.1) is 0 Å². The van der Waals surface area contributed by atoms with Gasteiger partial charge in [0.05, 0.1) is 7.11 Å². The summed E-state index contributed by atoms with van der Waals surface area (Å²) in [6.45, 7) is 0. The lowest BCUT2D eigenvalue weighted by atomic mass is 9.75. The largest absolute Gasteiger partial charge is 0.496 e. The maximum absolute atomic E-state index is 13.2. The second kappa shape index (κ2) is 5.22. The highest BCUT2D eigenvalue weighted by molar-refractivity contribution is 5.46. The monoisotopic (exact) mass is 255 g/mol. The predicted octanol–water partition coefficient (Wildman–Crippen LogP) is 3.75. The Bertz CT molecular complexity index is 414. The number of benzene rings is 1. The van der Waals surface area contributed by atoms with Gasteiger partial charge in [-0.1, -0.05) is 31.4 Å². The van der Waals surface area contributed by atoms with Gasteiger partial charge in [0.25, 0.3) is 6.43 Å². The summed E-state index contributed by atoms with van der Waals surface area (Å²) in [6.07, 6.45) is 2.06. The van der Waals surface area contributed by atoms with Crippen LogP contribution in [0.4, 0.5) is 8.78 Å². The highest BCUT2D eigenvalue weighted by Crippen LogP contribution is 2.43. The maximum Gasteiger partial charge on any atom is 0.264 e. The number of alkyl halides is 2. The van der Waals surface area contributed by atoms with Gasteiger partial charge in [0.1, 0.15) is 5.75 Å². The number of ether oxygens (including phenoxy) is 1. The van der Waals surface area contributed by atoms with Crippen molar-refractivity contribution in [2.75, 3.05) is 7.11 Å². The molecule has 0 bridgehead atoms. The lowest BCUT2D eigenvalue weighted by Crippen LogP contribution is -2.40. The van der Waals surface area contributed by atoms with Crippen molar-refractivity contribution in [1.82, 2.24) is 0 Å². The van der Waals surface area contributed by atoms with Gasteiger partial charge in [0.2, 0.25) is 0 Å². The van der Waals surface area contributed by atoms with E-state index >= 15 is 0 Å². The fraction of sp³-hybridized carbons (Fsp3) is 0.571. The average molecular weight is 255 g/mol. The van der Waals surface area contributed by atoms with Crippen LogP contribution in [0.2, 0.25) is 0 Å². The molecule has 2 nitrogen and oxygen atoms in total. The van der Waals surface area contributed by atoms with E-state index in [9.17, 15) is 8.78 Å². The average Bonchev–Trinajstić information content (AvgIpc) is 2.38. The van der Waals surface area contributed by atoms with Crippen molar-refractivity contribution in [2.45, 2.75) is 44.1 Å². The normalized spacial score (nSPS) is 18.9. The molecular formula is C14H19F2NO. The first-order valence-electron chi connectivity index (χ1n) is 6.33. The topological polar surface area (TPSA) is 35.2 Å². The van der Waals surface area contributed by atoms with E-state index in [1.54, 1.807) is 12.1 Å². The summed E-state index contributed by atoms with van der Waals surface area (Å²) in [4.78, 5) is 0. The molecule has 4 heteroatoms. The molecule has 0 amide bonds. The highest BCUT2D eigenvalue weighted by atomic mass is 19.3. The highest BCUT2D eigenvalue weighted by Gasteiger charge is 2.35. The molecule has 100 valence electrons. The summed E-state index contributed by atoms with van der Waals surface area (Å²) in [7, 11) is 1.50. The standard InChI is InChI=1S/C14H19F2NO/c1-18-11-7-5-6-10(13(15)16)12(11)14(17)8-3-2-4-9-14/h5-7,13H,2-4,8-9,17H2,1H3. The summed E-state index contributed by atoms with van der Waals surface area (Å²) in [5, 5.41) is 0. The zero-order valence-electron chi connectivity index (χ0n) is 10.6. The Morgan fingerprint density at radius 2 is 1.89 bits per heavy atom. The fourth-order valence-corrected chi connectivity index (χ4v) is 2.87. The molecule has 1 fully saturated rings. The molecule has 0 heterocycles. The number of hydrogen-bond donors (Lipinski definition) is 1. The van der Waals surface area contributed by atoms with Crippen LogP contribution in [0.25, 0.3) is 0 Å². The first-order valence-corrected chi connectivity index (χ1v) is 6.33. The van der Waals surface area contributed by atoms with Crippen molar-refractivity contribution in [1.29, 1.82) is 0 Å². The molecule has 1 aromatic carbocycles. The van der Waals surface area contributed by atoms with E-state index in [4.69, 9.17) is 10.5 Å². The van der Waals surface area contributed by atoms with Crippen molar-refractivity contribution in [3.8, 4) is 5.75 Å². The molecule has 2 rings (SSSR count). The van der Waals surface area contributed by atoms with Gasteiger partial charge < -0.3 is 10.5 Å². The molecule has 1 aliphatic carbocycles. The molecule has 1 saturated carbocycles. The Morgan fingerprint density at radius 1 is 1.22 bits per heavy atom. The Hall–Kier alpha value is -1.16. The molecule has 0 aromatic heterocycles. The predicted molar refractivity (Wildman–Crippen MR) is 66.9 cm³/mol. The second-order valence-electron chi connectivity index (χ2n) is 4.94. The van der Waals surface area contributed by atoms with Gasteiger partial charge in [-0.2, -0.15) is 0 Å². The van der Waals surface area contributed by atoms with E-state index in [0.717, 1.165) is 32.1 Å². The summed E-state index contributed by atoms with van der Waals surface area (Å²) in [5.41, 5.74) is 6.23. The number of nitrogens with two attached hydrogens (primary N) is 1. The lowest BCUT2D eigenvalue weighted by molar-refractivity contribution is 0.145. The van der Waals surface area contributed by atoms with Crippen molar-refractivity contribution >= 4 is 0 Å². The van der Waals surface area contributed by atoms with Gasteiger partial charge in [-0.25, -0.2) is 8.78 Å². The van der Waals surface area contributed by atoms with E-state index in [0.29, 0.717) is 11.3 Å². The number of hydrogen-bond acceptors (Lipinski definition) is 2. The maximum atomic E-state index is 13.2. The van der Waals surface area contributed by atoms with Gasteiger partial charge >= 0.3 is 0 Å². The van der Waals surface area contributed by atoms with Gasteiger partial charge in [-0.3, -0.25) is 0 Å². The van der Waals surface area contributed by atoms with Crippen LogP contribution in [0.15, 0.2) is 18.2 Å². The van der Waals surface area contributed by atoms with Crippen molar-refractivity contribution in [3.63, 3.8) is 0 Å². The summed E-state index contributed by atoms with van der Waals surface area (Å²) in [5.74, 6) is 0.484. The third kappa shape index (κ3) is 2.34. The first-order chi connectivity index (χ1) is 8.58. The van der Waals surface area contributed by atoms with Crippen molar-refractivity contribution < 1.29 is 13.5 Å². The minimum atomic E-state index is -2.52. The van der Waals surface area contributed by atoms with Crippen LogP contribution < -0.4 is 10.5 Å². The van der Waals surface area contributed by atoms with Crippen LogP contribution in [-0.2, 0) is 5.54 Å². The fourth-order valence-electron chi connectivity index (χ4n) is 2.87. The smallest absolute Gasteiger partial charge is 0.264 e. The lowest BCUT2D eigenvalue weighted by Gasteiger charge is -2.36. The van der Waals surface area contributed by atoms with E-state index in [1.165, 1.54) is 13.2 Å². The number of rotatable bonds is 3. The number of halogens is 2.